The maximum atomic E-state index is 12.9. The lowest BCUT2D eigenvalue weighted by Gasteiger charge is -2.53. The van der Waals surface area contributed by atoms with Gasteiger partial charge < -0.3 is 20.6 Å². The summed E-state index contributed by atoms with van der Waals surface area (Å²) in [6, 6.07) is -1.04. The van der Waals surface area contributed by atoms with Crippen molar-refractivity contribution in [3.63, 3.8) is 0 Å². The quantitative estimate of drug-likeness (QED) is 0.251. The fraction of sp³-hybridized carbons (Fsp3) is 0.652. The molecule has 4 N–H and O–H groups in total. The molecule has 6 heteroatoms. The van der Waals surface area contributed by atoms with Crippen LogP contribution in [0.15, 0.2) is 35.1 Å². The van der Waals surface area contributed by atoms with Crippen LogP contribution in [0.4, 0.5) is 0 Å². The lowest BCUT2D eigenvalue weighted by Crippen LogP contribution is -2.49. The molecular weight excluding hydrogens is 370 g/mol. The predicted octanol–water partition coefficient (Wildman–Crippen LogP) is 2.57. The van der Waals surface area contributed by atoms with E-state index in [1.54, 1.807) is 0 Å². The molecule has 29 heavy (non-hydrogen) atoms. The van der Waals surface area contributed by atoms with Gasteiger partial charge in [0, 0.05) is 11.3 Å². The number of rotatable bonds is 3. The van der Waals surface area contributed by atoms with Crippen molar-refractivity contribution in [3.8, 4) is 0 Å². The molecule has 2 aliphatic carbocycles. The molecule has 6 nitrogen and oxygen atoms in total. The molecule has 3 aliphatic rings. The molecule has 0 radical (unpaired) electrons. The van der Waals surface area contributed by atoms with E-state index in [0.29, 0.717) is 19.3 Å². The molecule has 0 unspecified atom stereocenters. The second kappa shape index (κ2) is 7.40. The fourth-order valence-corrected chi connectivity index (χ4v) is 5.74. The summed E-state index contributed by atoms with van der Waals surface area (Å²) in [5.41, 5.74) is -0.816. The maximum absolute atomic E-state index is 12.9. The minimum absolute atomic E-state index is 0.0219. The van der Waals surface area contributed by atoms with E-state index < -0.39 is 34.9 Å². The van der Waals surface area contributed by atoms with Gasteiger partial charge in [-0.05, 0) is 58.8 Å². The first-order valence-corrected chi connectivity index (χ1v) is 10.4. The third-order valence-corrected chi connectivity index (χ3v) is 7.23. The standard InChI is InChI=1S/C23H33NO5/c1-6-7-15-12(2)10-14-11-22(4,29)9-8-16(14)23(15,5)20(27)17-19(26)18(13(3)25)24-21(17)28/h6-7,10,13-16,18,25,27,29H,8-9,11H2,1-5H3,(H,24,28)/b7-6+,20-17-/t13-,14-,15-,16-,18+,22-,23-/m1/s1. The van der Waals surface area contributed by atoms with Gasteiger partial charge in [0.2, 0.25) is 0 Å². The van der Waals surface area contributed by atoms with Crippen LogP contribution in [0.5, 0.6) is 0 Å². The molecule has 1 amide bonds. The summed E-state index contributed by atoms with van der Waals surface area (Å²) in [5, 5.41) is 34.4. The van der Waals surface area contributed by atoms with Gasteiger partial charge in [-0.25, -0.2) is 0 Å². The van der Waals surface area contributed by atoms with Crippen molar-refractivity contribution in [1.82, 2.24) is 5.32 Å². The van der Waals surface area contributed by atoms with E-state index in [-0.39, 0.29) is 29.1 Å². The summed E-state index contributed by atoms with van der Waals surface area (Å²) in [4.78, 5) is 25.5. The zero-order chi connectivity index (χ0) is 21.7. The Bertz CT molecular complexity index is 806. The molecule has 1 saturated heterocycles. The summed E-state index contributed by atoms with van der Waals surface area (Å²) in [6.07, 6.45) is 6.92. The second-order valence-corrected chi connectivity index (χ2v) is 9.49. The number of aliphatic hydroxyl groups is 3. The van der Waals surface area contributed by atoms with Gasteiger partial charge in [0.15, 0.2) is 5.78 Å². The molecular formula is C23H33NO5. The zero-order valence-corrected chi connectivity index (χ0v) is 17.9. The fourth-order valence-electron chi connectivity index (χ4n) is 5.74. The number of hydrogen-bond acceptors (Lipinski definition) is 5. The number of ketones is 1. The van der Waals surface area contributed by atoms with Crippen molar-refractivity contribution in [1.29, 1.82) is 0 Å². The predicted molar refractivity (Wildman–Crippen MR) is 110 cm³/mol. The summed E-state index contributed by atoms with van der Waals surface area (Å²) < 4.78 is 0. The number of nitrogens with one attached hydrogen (secondary N) is 1. The smallest absolute Gasteiger partial charge is 0.259 e. The van der Waals surface area contributed by atoms with Crippen molar-refractivity contribution < 1.29 is 24.9 Å². The monoisotopic (exact) mass is 403 g/mol. The van der Waals surface area contributed by atoms with Crippen LogP contribution in [0.3, 0.4) is 0 Å². The van der Waals surface area contributed by atoms with Crippen LogP contribution in [0.2, 0.25) is 0 Å². The molecule has 3 rings (SSSR count). The highest BCUT2D eigenvalue weighted by Crippen LogP contribution is 2.58. The lowest BCUT2D eigenvalue weighted by atomic mass is 9.51. The Balaban J connectivity index is 2.16. The minimum atomic E-state index is -1.04. The van der Waals surface area contributed by atoms with Gasteiger partial charge in [-0.2, -0.15) is 0 Å². The number of Topliss-reactive ketones (excluding diaryl/α,β-unsaturated/α-hetero) is 1. The third-order valence-electron chi connectivity index (χ3n) is 7.23. The van der Waals surface area contributed by atoms with E-state index in [2.05, 4.69) is 11.4 Å². The zero-order valence-electron chi connectivity index (χ0n) is 17.9. The van der Waals surface area contributed by atoms with Gasteiger partial charge in [0.1, 0.15) is 17.4 Å². The van der Waals surface area contributed by atoms with Crippen molar-refractivity contribution >= 4 is 11.7 Å². The summed E-state index contributed by atoms with van der Waals surface area (Å²) in [5.74, 6) is -1.54. The molecule has 0 spiro atoms. The van der Waals surface area contributed by atoms with Crippen LogP contribution in [-0.4, -0.2) is 44.8 Å². The Hall–Kier alpha value is -1.92. The molecule has 0 aromatic heterocycles. The van der Waals surface area contributed by atoms with Crippen LogP contribution >= 0.6 is 0 Å². The Morgan fingerprint density at radius 1 is 1.34 bits per heavy atom. The van der Waals surface area contributed by atoms with Gasteiger partial charge in [-0.3, -0.25) is 9.59 Å². The first kappa shape index (κ1) is 21.8. The Labute approximate surface area is 172 Å². The minimum Gasteiger partial charge on any atom is -0.511 e. The average molecular weight is 404 g/mol. The van der Waals surface area contributed by atoms with Crippen molar-refractivity contribution in [2.24, 2.45) is 23.2 Å². The highest BCUT2D eigenvalue weighted by molar-refractivity contribution is 6.27. The van der Waals surface area contributed by atoms with Crippen molar-refractivity contribution in [2.75, 3.05) is 0 Å². The molecule has 160 valence electrons. The molecule has 7 atom stereocenters. The van der Waals surface area contributed by atoms with E-state index in [9.17, 15) is 24.9 Å². The maximum Gasteiger partial charge on any atom is 0.259 e. The molecule has 1 heterocycles. The van der Waals surface area contributed by atoms with E-state index in [1.165, 1.54) is 6.92 Å². The van der Waals surface area contributed by atoms with Gasteiger partial charge >= 0.3 is 0 Å². The summed E-state index contributed by atoms with van der Waals surface area (Å²) >= 11 is 0. The second-order valence-electron chi connectivity index (χ2n) is 9.49. The van der Waals surface area contributed by atoms with Crippen LogP contribution in [0.1, 0.15) is 53.9 Å². The normalized spacial score (nSPS) is 43.1. The van der Waals surface area contributed by atoms with Crippen molar-refractivity contribution in [3.05, 3.63) is 35.1 Å². The molecule has 1 saturated carbocycles. The number of aliphatic hydroxyl groups excluding tert-OH is 2. The number of allylic oxidation sites excluding steroid dienone is 5. The van der Waals surface area contributed by atoms with Gasteiger partial charge in [-0.1, -0.05) is 30.7 Å². The summed E-state index contributed by atoms with van der Waals surface area (Å²) in [6.45, 7) is 9.10. The molecule has 1 aliphatic heterocycles. The Kier molecular flexibility index (Phi) is 5.56. The topological polar surface area (TPSA) is 107 Å². The van der Waals surface area contributed by atoms with E-state index >= 15 is 0 Å². The summed E-state index contributed by atoms with van der Waals surface area (Å²) in [7, 11) is 0. The van der Waals surface area contributed by atoms with Crippen LogP contribution in [0, 0.1) is 23.2 Å². The van der Waals surface area contributed by atoms with E-state index in [4.69, 9.17) is 0 Å². The number of fused-ring (bicyclic) bond motifs is 1. The first-order chi connectivity index (χ1) is 13.4. The molecule has 2 fully saturated rings. The van der Waals surface area contributed by atoms with Crippen LogP contribution in [0.25, 0.3) is 0 Å². The molecule has 0 aromatic carbocycles. The highest BCUT2D eigenvalue weighted by Gasteiger charge is 2.55. The van der Waals surface area contributed by atoms with E-state index in [0.717, 1.165) is 5.57 Å². The average Bonchev–Trinajstić information content (AvgIpc) is 2.91. The number of carbonyl (C=O) groups is 2. The number of carbonyl (C=O) groups excluding carboxylic acids is 2. The molecule has 0 bridgehead atoms. The van der Waals surface area contributed by atoms with Gasteiger partial charge in [0.05, 0.1) is 11.7 Å². The Morgan fingerprint density at radius 3 is 2.55 bits per heavy atom. The first-order valence-electron chi connectivity index (χ1n) is 10.4. The van der Waals surface area contributed by atoms with E-state index in [1.807, 2.05) is 39.8 Å². The van der Waals surface area contributed by atoms with Gasteiger partial charge in [0.25, 0.3) is 5.91 Å². The number of hydrogen-bond donors (Lipinski definition) is 4. The highest BCUT2D eigenvalue weighted by atomic mass is 16.3. The SMILES string of the molecule is C/C=C/[C@@H]1C(C)=C[C@@H]2C[C@](C)(O)CC[C@H]2[C@]1(C)/C(O)=C1/C(=O)N[C@@H]([C@@H](C)O)C1=O. The largest absolute Gasteiger partial charge is 0.511 e. The lowest BCUT2D eigenvalue weighted by molar-refractivity contribution is -0.118. The molecule has 0 aromatic rings. The van der Waals surface area contributed by atoms with Crippen molar-refractivity contribution in [2.45, 2.75) is 71.6 Å². The van der Waals surface area contributed by atoms with Crippen LogP contribution in [-0.2, 0) is 9.59 Å². The van der Waals surface area contributed by atoms with Crippen LogP contribution < -0.4 is 5.32 Å². The van der Waals surface area contributed by atoms with Gasteiger partial charge in [-0.15, -0.1) is 0 Å². The Morgan fingerprint density at radius 2 is 2.00 bits per heavy atom. The third kappa shape index (κ3) is 3.46. The number of amides is 1.